The smallest absolute Gasteiger partial charge is 0.124 e. The highest BCUT2D eigenvalue weighted by molar-refractivity contribution is 5.39. The van der Waals surface area contributed by atoms with Gasteiger partial charge in [-0.2, -0.15) is 0 Å². The second kappa shape index (κ2) is 5.75. The third kappa shape index (κ3) is 3.05. The maximum atomic E-state index is 10.0. The van der Waals surface area contributed by atoms with Gasteiger partial charge in [0.05, 0.1) is 6.10 Å². The summed E-state index contributed by atoms with van der Waals surface area (Å²) < 4.78 is 6.09. The van der Waals surface area contributed by atoms with Gasteiger partial charge in [-0.05, 0) is 49.3 Å². The van der Waals surface area contributed by atoms with Gasteiger partial charge in [-0.3, -0.25) is 0 Å². The molecule has 1 fully saturated rings. The molecule has 0 radical (unpaired) electrons. The number of aliphatic hydroxyl groups is 1. The molecule has 2 heteroatoms. The normalized spacial score (nSPS) is 24.3. The van der Waals surface area contributed by atoms with Gasteiger partial charge in [0.15, 0.2) is 0 Å². The highest BCUT2D eigenvalue weighted by atomic mass is 16.5. The summed E-state index contributed by atoms with van der Waals surface area (Å²) in [5.74, 6) is 1.40. The summed E-state index contributed by atoms with van der Waals surface area (Å²) in [4.78, 5) is 0. The topological polar surface area (TPSA) is 29.5 Å². The standard InChI is InChI=1S/C16H24O2/c1-11(2)13-9-8-12(3)10-16(13)18-15-7-5-4-6-14(15)17/h8-11,14-15,17H,4-7H2,1-3H3/t14-,15-/m0/s1. The van der Waals surface area contributed by atoms with E-state index < -0.39 is 0 Å². The van der Waals surface area contributed by atoms with E-state index in [0.29, 0.717) is 5.92 Å². The van der Waals surface area contributed by atoms with Crippen molar-refractivity contribution >= 4 is 0 Å². The third-order valence-corrected chi connectivity index (χ3v) is 3.74. The second-order valence-corrected chi connectivity index (χ2v) is 5.70. The van der Waals surface area contributed by atoms with E-state index in [0.717, 1.165) is 31.4 Å². The maximum absolute atomic E-state index is 10.0. The molecule has 0 aliphatic heterocycles. The summed E-state index contributed by atoms with van der Waals surface area (Å²) in [6, 6.07) is 6.36. The predicted octanol–water partition coefficient (Wildman–Crippen LogP) is 3.80. The molecule has 18 heavy (non-hydrogen) atoms. The average molecular weight is 248 g/mol. The number of hydrogen-bond acceptors (Lipinski definition) is 2. The summed E-state index contributed by atoms with van der Waals surface area (Å²) in [5, 5.41) is 10.0. The largest absolute Gasteiger partial charge is 0.487 e. The molecule has 0 aromatic heterocycles. The first-order chi connectivity index (χ1) is 8.58. The average Bonchev–Trinajstić information content (AvgIpc) is 2.32. The van der Waals surface area contributed by atoms with Crippen LogP contribution < -0.4 is 4.74 Å². The molecule has 0 spiro atoms. The van der Waals surface area contributed by atoms with E-state index in [9.17, 15) is 5.11 Å². The van der Waals surface area contributed by atoms with Crippen molar-refractivity contribution in [2.24, 2.45) is 0 Å². The van der Waals surface area contributed by atoms with Crippen molar-refractivity contribution in [2.45, 2.75) is 64.6 Å². The van der Waals surface area contributed by atoms with E-state index in [2.05, 4.69) is 39.0 Å². The molecule has 0 bridgehead atoms. The van der Waals surface area contributed by atoms with Crippen molar-refractivity contribution in [3.05, 3.63) is 29.3 Å². The van der Waals surface area contributed by atoms with Gasteiger partial charge < -0.3 is 9.84 Å². The van der Waals surface area contributed by atoms with Crippen LogP contribution in [0.5, 0.6) is 5.75 Å². The number of rotatable bonds is 3. The molecule has 1 aliphatic carbocycles. The molecule has 0 unspecified atom stereocenters. The predicted molar refractivity (Wildman–Crippen MR) is 74.2 cm³/mol. The minimum absolute atomic E-state index is 0.0296. The fourth-order valence-corrected chi connectivity index (χ4v) is 2.60. The van der Waals surface area contributed by atoms with Crippen LogP contribution in [0.4, 0.5) is 0 Å². The zero-order valence-electron chi connectivity index (χ0n) is 11.6. The Morgan fingerprint density at radius 1 is 1.22 bits per heavy atom. The van der Waals surface area contributed by atoms with Crippen LogP contribution in [0.2, 0.25) is 0 Å². The highest BCUT2D eigenvalue weighted by Crippen LogP contribution is 2.31. The van der Waals surface area contributed by atoms with Crippen LogP contribution in [-0.4, -0.2) is 17.3 Å². The molecular weight excluding hydrogens is 224 g/mol. The summed E-state index contributed by atoms with van der Waals surface area (Å²) >= 11 is 0. The SMILES string of the molecule is Cc1ccc(C(C)C)c(O[C@H]2CCCC[C@@H]2O)c1. The van der Waals surface area contributed by atoms with Gasteiger partial charge in [-0.1, -0.05) is 32.4 Å². The Labute approximate surface area is 110 Å². The summed E-state index contributed by atoms with van der Waals surface area (Å²) in [6.07, 6.45) is 3.77. The Balaban J connectivity index is 2.18. The van der Waals surface area contributed by atoms with Crippen LogP contribution in [0, 0.1) is 6.92 Å². The van der Waals surface area contributed by atoms with Gasteiger partial charge in [0.1, 0.15) is 11.9 Å². The highest BCUT2D eigenvalue weighted by Gasteiger charge is 2.25. The van der Waals surface area contributed by atoms with E-state index in [1.807, 2.05) is 0 Å². The molecule has 1 aromatic rings. The van der Waals surface area contributed by atoms with Crippen LogP contribution in [0.1, 0.15) is 56.6 Å². The molecule has 0 heterocycles. The second-order valence-electron chi connectivity index (χ2n) is 5.70. The Morgan fingerprint density at radius 3 is 2.61 bits per heavy atom. The lowest BCUT2D eigenvalue weighted by molar-refractivity contribution is 0.00627. The molecule has 0 amide bonds. The molecular formula is C16H24O2. The molecule has 2 nitrogen and oxygen atoms in total. The van der Waals surface area contributed by atoms with Crippen molar-refractivity contribution in [2.75, 3.05) is 0 Å². The molecule has 1 saturated carbocycles. The molecule has 1 aromatic carbocycles. The number of hydrogen-bond donors (Lipinski definition) is 1. The molecule has 1 N–H and O–H groups in total. The van der Waals surface area contributed by atoms with E-state index in [1.165, 1.54) is 11.1 Å². The van der Waals surface area contributed by atoms with Crippen molar-refractivity contribution in [3.63, 3.8) is 0 Å². The summed E-state index contributed by atoms with van der Waals surface area (Å²) in [7, 11) is 0. The monoisotopic (exact) mass is 248 g/mol. The van der Waals surface area contributed by atoms with E-state index >= 15 is 0 Å². The van der Waals surface area contributed by atoms with E-state index in [4.69, 9.17) is 4.74 Å². The summed E-state index contributed by atoms with van der Waals surface area (Å²) in [5.41, 5.74) is 2.44. The zero-order chi connectivity index (χ0) is 13.1. The van der Waals surface area contributed by atoms with Crippen molar-refractivity contribution in [1.29, 1.82) is 0 Å². The lowest BCUT2D eigenvalue weighted by Gasteiger charge is -2.29. The fourth-order valence-electron chi connectivity index (χ4n) is 2.60. The molecule has 2 rings (SSSR count). The third-order valence-electron chi connectivity index (χ3n) is 3.74. The van der Waals surface area contributed by atoms with Crippen molar-refractivity contribution in [1.82, 2.24) is 0 Å². The maximum Gasteiger partial charge on any atom is 0.124 e. The quantitative estimate of drug-likeness (QED) is 0.881. The fraction of sp³-hybridized carbons (Fsp3) is 0.625. The van der Waals surface area contributed by atoms with Gasteiger partial charge >= 0.3 is 0 Å². The minimum Gasteiger partial charge on any atom is -0.487 e. The van der Waals surface area contributed by atoms with Gasteiger partial charge in [0.2, 0.25) is 0 Å². The molecule has 2 atom stereocenters. The number of aliphatic hydroxyl groups excluding tert-OH is 1. The first kappa shape index (κ1) is 13.4. The van der Waals surface area contributed by atoms with Gasteiger partial charge in [0.25, 0.3) is 0 Å². The van der Waals surface area contributed by atoms with Crippen LogP contribution >= 0.6 is 0 Å². The molecule has 1 aliphatic rings. The van der Waals surface area contributed by atoms with Crippen molar-refractivity contribution in [3.8, 4) is 5.75 Å². The lowest BCUT2D eigenvalue weighted by Crippen LogP contribution is -2.34. The first-order valence-electron chi connectivity index (χ1n) is 7.03. The lowest BCUT2D eigenvalue weighted by atomic mass is 9.94. The van der Waals surface area contributed by atoms with E-state index in [1.54, 1.807) is 0 Å². The van der Waals surface area contributed by atoms with Gasteiger partial charge in [-0.25, -0.2) is 0 Å². The Morgan fingerprint density at radius 2 is 1.94 bits per heavy atom. The van der Waals surface area contributed by atoms with Crippen LogP contribution in [-0.2, 0) is 0 Å². The Kier molecular flexibility index (Phi) is 4.28. The van der Waals surface area contributed by atoms with Crippen LogP contribution in [0.15, 0.2) is 18.2 Å². The number of ether oxygens (including phenoxy) is 1. The number of benzene rings is 1. The Bertz CT molecular complexity index is 398. The summed E-state index contributed by atoms with van der Waals surface area (Å²) in [6.45, 7) is 6.43. The minimum atomic E-state index is -0.306. The van der Waals surface area contributed by atoms with Crippen molar-refractivity contribution < 1.29 is 9.84 Å². The molecule has 100 valence electrons. The van der Waals surface area contributed by atoms with Gasteiger partial charge in [0, 0.05) is 0 Å². The zero-order valence-corrected chi connectivity index (χ0v) is 11.6. The van der Waals surface area contributed by atoms with Gasteiger partial charge in [-0.15, -0.1) is 0 Å². The Hall–Kier alpha value is -1.02. The van der Waals surface area contributed by atoms with Crippen LogP contribution in [0.3, 0.4) is 0 Å². The molecule has 0 saturated heterocycles. The number of aryl methyl sites for hydroxylation is 1. The van der Waals surface area contributed by atoms with Crippen LogP contribution in [0.25, 0.3) is 0 Å². The van der Waals surface area contributed by atoms with E-state index in [-0.39, 0.29) is 12.2 Å². The first-order valence-corrected chi connectivity index (χ1v) is 7.03.